The highest BCUT2D eigenvalue weighted by Crippen LogP contribution is 2.55. The molecule has 1 aromatic carbocycles. The first-order chi connectivity index (χ1) is 17.3. The zero-order valence-electron chi connectivity index (χ0n) is 20.0. The quantitative estimate of drug-likeness (QED) is 0.368. The number of aryl methyl sites for hydroxylation is 1. The molecule has 0 bridgehead atoms. The van der Waals surface area contributed by atoms with Gasteiger partial charge in [0.05, 0.1) is 10.6 Å². The first kappa shape index (κ1) is 24.2. The van der Waals surface area contributed by atoms with Crippen molar-refractivity contribution in [2.75, 3.05) is 5.32 Å². The molecule has 2 amide bonds. The molecular weight excluding hydrogens is 485 g/mol. The lowest BCUT2D eigenvalue weighted by Crippen LogP contribution is -2.48. The molecule has 36 heavy (non-hydrogen) atoms. The van der Waals surface area contributed by atoms with E-state index in [1.165, 1.54) is 30.8 Å². The van der Waals surface area contributed by atoms with Gasteiger partial charge in [-0.3, -0.25) is 14.3 Å². The standard InChI is InChI=1S/C26H27ClFN5O3/c1-3-32-22(6-8-29-32)25(34)31-24(17-11-15-10-16(15)12-17)26(35)30-18-4-5-19(21(28)13-18)23-14(2)33(36)9-7-20(23)27/h4-9,13,15-17,24H,3,10-12H2,1-2H3,(H,30,35)(H,31,34)/t15-,16+,17?,24-/m0/s1. The SMILES string of the molecule is CCn1nccc1C(=O)N[C@H](C(=O)Nc1ccc(-c2c(Cl)cc[n+]([O-])c2C)c(F)c1)C1C[C@@H]2C[C@@H]2C1. The van der Waals surface area contributed by atoms with Gasteiger partial charge in [0.1, 0.15) is 17.6 Å². The number of anilines is 1. The largest absolute Gasteiger partial charge is 0.618 e. The summed E-state index contributed by atoms with van der Waals surface area (Å²) in [4.78, 5) is 26.4. The van der Waals surface area contributed by atoms with Crippen LogP contribution in [0.3, 0.4) is 0 Å². The number of nitrogens with zero attached hydrogens (tertiary/aromatic N) is 3. The second-order valence-corrected chi connectivity index (χ2v) is 10.0. The molecule has 2 fully saturated rings. The van der Waals surface area contributed by atoms with E-state index < -0.39 is 17.8 Å². The lowest BCUT2D eigenvalue weighted by Gasteiger charge is -2.25. The van der Waals surface area contributed by atoms with E-state index in [9.17, 15) is 14.8 Å². The van der Waals surface area contributed by atoms with Crippen LogP contribution < -0.4 is 15.4 Å². The van der Waals surface area contributed by atoms with Gasteiger partial charge in [-0.25, -0.2) is 4.39 Å². The lowest BCUT2D eigenvalue weighted by molar-refractivity contribution is -0.611. The maximum absolute atomic E-state index is 15.1. The fourth-order valence-electron chi connectivity index (χ4n) is 5.37. The summed E-state index contributed by atoms with van der Waals surface area (Å²) >= 11 is 6.24. The Labute approximate surface area is 213 Å². The summed E-state index contributed by atoms with van der Waals surface area (Å²) in [7, 11) is 0. The van der Waals surface area contributed by atoms with E-state index in [0.29, 0.717) is 34.4 Å². The molecule has 0 radical (unpaired) electrons. The maximum Gasteiger partial charge on any atom is 0.270 e. The van der Waals surface area contributed by atoms with Crippen LogP contribution in [0.2, 0.25) is 5.02 Å². The number of amides is 2. The van der Waals surface area contributed by atoms with Gasteiger partial charge in [0.2, 0.25) is 5.91 Å². The van der Waals surface area contributed by atoms with Crippen LogP contribution in [0.15, 0.2) is 42.7 Å². The normalized spacial score (nSPS) is 21.1. The number of hydrogen-bond donors (Lipinski definition) is 2. The Morgan fingerprint density at radius 1 is 1.25 bits per heavy atom. The zero-order chi connectivity index (χ0) is 25.6. The third kappa shape index (κ3) is 4.55. The predicted molar refractivity (Wildman–Crippen MR) is 133 cm³/mol. The zero-order valence-corrected chi connectivity index (χ0v) is 20.8. The first-order valence-electron chi connectivity index (χ1n) is 12.1. The monoisotopic (exact) mass is 511 g/mol. The Kier molecular flexibility index (Phi) is 6.42. The Morgan fingerprint density at radius 2 is 2.00 bits per heavy atom. The Balaban J connectivity index is 1.37. The smallest absolute Gasteiger partial charge is 0.270 e. The summed E-state index contributed by atoms with van der Waals surface area (Å²) in [6, 6.07) is 6.52. The van der Waals surface area contributed by atoms with Gasteiger partial charge in [-0.15, -0.1) is 0 Å². The van der Waals surface area contributed by atoms with Crippen molar-refractivity contribution in [3.8, 4) is 11.1 Å². The summed E-state index contributed by atoms with van der Waals surface area (Å²) < 4.78 is 17.3. The van der Waals surface area contributed by atoms with E-state index in [0.717, 1.165) is 12.8 Å². The van der Waals surface area contributed by atoms with Crippen molar-refractivity contribution in [1.82, 2.24) is 15.1 Å². The van der Waals surface area contributed by atoms with Gasteiger partial charge in [-0.05, 0) is 68.2 Å². The number of halogens is 2. The van der Waals surface area contributed by atoms with Crippen LogP contribution in [0.5, 0.6) is 0 Å². The van der Waals surface area contributed by atoms with Crippen molar-refractivity contribution in [2.24, 2.45) is 17.8 Å². The molecule has 2 aliphatic rings. The minimum Gasteiger partial charge on any atom is -0.618 e. The third-order valence-corrected chi connectivity index (χ3v) is 7.68. The maximum atomic E-state index is 15.1. The number of rotatable bonds is 7. The van der Waals surface area contributed by atoms with E-state index in [-0.39, 0.29) is 33.8 Å². The molecule has 4 atom stereocenters. The molecule has 0 spiro atoms. The van der Waals surface area contributed by atoms with Crippen LogP contribution in [0, 0.1) is 35.7 Å². The molecule has 3 aromatic rings. The van der Waals surface area contributed by atoms with Gasteiger partial charge in [0, 0.05) is 37.0 Å². The molecule has 0 saturated heterocycles. The summed E-state index contributed by atoms with van der Waals surface area (Å²) in [5.74, 6) is -0.144. The van der Waals surface area contributed by atoms with E-state index >= 15 is 4.39 Å². The van der Waals surface area contributed by atoms with Gasteiger partial charge in [0.15, 0.2) is 11.9 Å². The van der Waals surface area contributed by atoms with Gasteiger partial charge in [-0.2, -0.15) is 9.83 Å². The fourth-order valence-corrected chi connectivity index (χ4v) is 5.67. The number of benzene rings is 1. The molecule has 2 heterocycles. The molecule has 2 N–H and O–H groups in total. The summed E-state index contributed by atoms with van der Waals surface area (Å²) in [5.41, 5.74) is 1.37. The highest BCUT2D eigenvalue weighted by molar-refractivity contribution is 6.33. The molecule has 188 valence electrons. The lowest BCUT2D eigenvalue weighted by atomic mass is 9.93. The summed E-state index contributed by atoms with van der Waals surface area (Å²) in [6.07, 6.45) is 5.76. The van der Waals surface area contributed by atoms with Gasteiger partial charge in [-0.1, -0.05) is 11.6 Å². The second-order valence-electron chi connectivity index (χ2n) is 9.60. The predicted octanol–water partition coefficient (Wildman–Crippen LogP) is 4.09. The van der Waals surface area contributed by atoms with E-state index in [1.807, 2.05) is 6.92 Å². The highest BCUT2D eigenvalue weighted by atomic mass is 35.5. The number of nitrogens with one attached hydrogen (secondary N) is 2. The average molecular weight is 512 g/mol. The molecule has 2 saturated carbocycles. The van der Waals surface area contributed by atoms with E-state index in [4.69, 9.17) is 11.6 Å². The van der Waals surface area contributed by atoms with Crippen molar-refractivity contribution in [1.29, 1.82) is 0 Å². The third-order valence-electron chi connectivity index (χ3n) is 7.36. The summed E-state index contributed by atoms with van der Waals surface area (Å²) in [6.45, 7) is 3.98. The number of pyridine rings is 1. The van der Waals surface area contributed by atoms with Crippen molar-refractivity contribution in [3.05, 3.63) is 70.2 Å². The minimum atomic E-state index is -0.751. The molecular formula is C26H27ClFN5O3. The van der Waals surface area contributed by atoms with Crippen LogP contribution in [0.4, 0.5) is 10.1 Å². The minimum absolute atomic E-state index is 0.0121. The average Bonchev–Trinajstić information content (AvgIpc) is 3.23. The molecule has 2 aromatic heterocycles. The highest BCUT2D eigenvalue weighted by Gasteiger charge is 2.49. The molecule has 1 unspecified atom stereocenters. The number of carbonyl (C=O) groups is 2. The van der Waals surface area contributed by atoms with Gasteiger partial charge < -0.3 is 15.8 Å². The molecule has 0 aliphatic heterocycles. The van der Waals surface area contributed by atoms with Crippen LogP contribution >= 0.6 is 11.6 Å². The Morgan fingerprint density at radius 3 is 2.69 bits per heavy atom. The molecule has 10 heteroatoms. The van der Waals surface area contributed by atoms with Crippen LogP contribution in [0.1, 0.15) is 42.4 Å². The van der Waals surface area contributed by atoms with Crippen molar-refractivity contribution < 1.29 is 18.7 Å². The first-order valence-corrected chi connectivity index (χ1v) is 12.5. The van der Waals surface area contributed by atoms with Crippen molar-refractivity contribution in [3.63, 3.8) is 0 Å². The number of carbonyl (C=O) groups excluding carboxylic acids is 2. The second kappa shape index (κ2) is 9.54. The van der Waals surface area contributed by atoms with Gasteiger partial charge in [0.25, 0.3) is 5.91 Å². The van der Waals surface area contributed by atoms with Gasteiger partial charge >= 0.3 is 0 Å². The van der Waals surface area contributed by atoms with Crippen LogP contribution in [-0.4, -0.2) is 27.6 Å². The number of hydrogen-bond acceptors (Lipinski definition) is 4. The van der Waals surface area contributed by atoms with E-state index in [2.05, 4.69) is 15.7 Å². The van der Waals surface area contributed by atoms with Crippen molar-refractivity contribution >= 4 is 29.1 Å². The Bertz CT molecular complexity index is 1330. The number of fused-ring (bicyclic) bond motifs is 1. The van der Waals surface area contributed by atoms with Crippen LogP contribution in [-0.2, 0) is 11.3 Å². The van der Waals surface area contributed by atoms with Crippen molar-refractivity contribution in [2.45, 2.75) is 45.7 Å². The molecule has 2 aliphatic carbocycles. The van der Waals surface area contributed by atoms with Crippen LogP contribution in [0.25, 0.3) is 11.1 Å². The number of aromatic nitrogens is 3. The fraction of sp³-hybridized carbons (Fsp3) is 0.385. The molecule has 5 rings (SSSR count). The Hall–Kier alpha value is -3.46. The summed E-state index contributed by atoms with van der Waals surface area (Å²) in [5, 5.41) is 22.0. The van der Waals surface area contributed by atoms with E-state index in [1.54, 1.807) is 29.9 Å². The molecule has 8 nitrogen and oxygen atoms in total. The topological polar surface area (TPSA) is 103 Å².